The van der Waals surface area contributed by atoms with Crippen LogP contribution >= 0.6 is 6.64 Å². The van der Waals surface area contributed by atoms with Gasteiger partial charge in [0.15, 0.2) is 0 Å². The predicted octanol–water partition coefficient (Wildman–Crippen LogP) is 2.23. The van der Waals surface area contributed by atoms with Crippen molar-refractivity contribution in [2.24, 2.45) is 0 Å². The molecule has 1 N–H and O–H groups in total. The van der Waals surface area contributed by atoms with Gasteiger partial charge in [0, 0.05) is 19.2 Å². The van der Waals surface area contributed by atoms with Crippen molar-refractivity contribution in [1.29, 1.82) is 0 Å². The van der Waals surface area contributed by atoms with Crippen molar-refractivity contribution in [2.45, 2.75) is 6.10 Å². The fourth-order valence-electron chi connectivity index (χ4n) is 1.64. The molecule has 0 aliphatic carbocycles. The van der Waals surface area contributed by atoms with Crippen LogP contribution in [0.2, 0.25) is 0 Å². The second-order valence-electron chi connectivity index (χ2n) is 3.38. The number of nitrogens with one attached hydrogen (secondary N) is 1. The van der Waals surface area contributed by atoms with Gasteiger partial charge >= 0.3 is 0 Å². The van der Waals surface area contributed by atoms with Crippen LogP contribution in [0, 0.1) is 0 Å². The first-order valence-electron chi connectivity index (χ1n) is 4.91. The third kappa shape index (κ3) is 2.29. The van der Waals surface area contributed by atoms with Crippen molar-refractivity contribution in [2.75, 3.05) is 20.8 Å². The van der Waals surface area contributed by atoms with Crippen LogP contribution in [0.3, 0.4) is 0 Å². The highest BCUT2D eigenvalue weighted by Crippen LogP contribution is 2.53. The summed E-state index contributed by atoms with van der Waals surface area (Å²) < 4.78 is 16.2. The Morgan fingerprint density at radius 1 is 1.44 bits per heavy atom. The molecule has 1 aliphatic rings. The molecule has 0 radical (unpaired) electrons. The summed E-state index contributed by atoms with van der Waals surface area (Å²) >= 11 is 5.24. The third-order valence-electron chi connectivity index (χ3n) is 2.46. The Hall–Kier alpha value is -0.450. The van der Waals surface area contributed by atoms with Crippen molar-refractivity contribution in [1.82, 2.24) is 5.09 Å². The van der Waals surface area contributed by atoms with Crippen molar-refractivity contribution in [3.05, 3.63) is 29.8 Å². The van der Waals surface area contributed by atoms with E-state index in [1.54, 1.807) is 14.2 Å². The summed E-state index contributed by atoms with van der Waals surface area (Å²) in [5, 5.41) is 3.11. The van der Waals surface area contributed by atoms with E-state index in [0.29, 0.717) is 6.54 Å². The summed E-state index contributed by atoms with van der Waals surface area (Å²) in [5.41, 5.74) is 1.00. The first-order chi connectivity index (χ1) is 7.68. The van der Waals surface area contributed by atoms with Crippen LogP contribution in [-0.4, -0.2) is 20.8 Å². The maximum atomic E-state index is 5.74. The molecule has 1 aromatic rings. The minimum atomic E-state index is -2.28. The highest BCUT2D eigenvalue weighted by atomic mass is 32.5. The zero-order chi connectivity index (χ0) is 11.6. The van der Waals surface area contributed by atoms with Crippen molar-refractivity contribution < 1.29 is 13.8 Å². The van der Waals surface area contributed by atoms with E-state index in [1.807, 2.05) is 24.3 Å². The van der Waals surface area contributed by atoms with Gasteiger partial charge in [-0.15, -0.1) is 0 Å². The minimum Gasteiger partial charge on any atom is -0.496 e. The van der Waals surface area contributed by atoms with Gasteiger partial charge < -0.3 is 13.8 Å². The lowest BCUT2D eigenvalue weighted by Crippen LogP contribution is -2.07. The van der Waals surface area contributed by atoms with Gasteiger partial charge in [-0.25, -0.2) is 5.09 Å². The van der Waals surface area contributed by atoms with Crippen LogP contribution in [0.4, 0.5) is 0 Å². The molecule has 2 rings (SSSR count). The molecule has 1 saturated heterocycles. The van der Waals surface area contributed by atoms with Crippen LogP contribution in [0.1, 0.15) is 11.7 Å². The van der Waals surface area contributed by atoms with Crippen LogP contribution in [0.5, 0.6) is 5.75 Å². The molecule has 0 bridgehead atoms. The zero-order valence-corrected chi connectivity index (χ0v) is 10.9. The first kappa shape index (κ1) is 12.0. The Balaban J connectivity index is 2.23. The number of rotatable bonds is 3. The van der Waals surface area contributed by atoms with Gasteiger partial charge in [-0.2, -0.15) is 0 Å². The Labute approximate surface area is 100 Å². The molecule has 1 aromatic carbocycles. The SMILES string of the molecule is COc1ccccc1C1CNP(=S)(OC)O1. The highest BCUT2D eigenvalue weighted by molar-refractivity contribution is 8.09. The van der Waals surface area contributed by atoms with Gasteiger partial charge in [-0.3, -0.25) is 0 Å². The van der Waals surface area contributed by atoms with E-state index in [0.717, 1.165) is 11.3 Å². The normalized spacial score (nSPS) is 29.2. The average molecular weight is 259 g/mol. The molecule has 2 atom stereocenters. The van der Waals surface area contributed by atoms with Crippen LogP contribution in [0.15, 0.2) is 24.3 Å². The van der Waals surface area contributed by atoms with Gasteiger partial charge in [0.25, 0.3) is 6.64 Å². The molecule has 0 spiro atoms. The lowest BCUT2D eigenvalue weighted by atomic mass is 10.1. The second-order valence-corrected chi connectivity index (χ2v) is 6.71. The summed E-state index contributed by atoms with van der Waals surface area (Å²) in [7, 11) is 3.21. The molecule has 4 nitrogen and oxygen atoms in total. The number of ether oxygens (including phenoxy) is 1. The Morgan fingerprint density at radius 2 is 2.19 bits per heavy atom. The average Bonchev–Trinajstić information content (AvgIpc) is 2.73. The Morgan fingerprint density at radius 3 is 2.81 bits per heavy atom. The van der Waals surface area contributed by atoms with Gasteiger partial charge in [-0.05, 0) is 17.9 Å². The molecule has 1 heterocycles. The molecule has 0 aromatic heterocycles. The molecule has 16 heavy (non-hydrogen) atoms. The summed E-state index contributed by atoms with van der Waals surface area (Å²) in [5.74, 6) is 0.814. The van der Waals surface area contributed by atoms with Crippen LogP contribution in [-0.2, 0) is 20.9 Å². The quantitative estimate of drug-likeness (QED) is 0.843. The molecule has 0 amide bonds. The standard InChI is InChI=1S/C10H14NO3PS/c1-12-9-6-4-3-5-8(9)10-7-11-15(16,13-2)14-10/h3-6,10H,7H2,1-2H3,(H,11,16). The largest absolute Gasteiger partial charge is 0.496 e. The molecule has 88 valence electrons. The van der Waals surface area contributed by atoms with Crippen molar-refractivity contribution in [3.8, 4) is 5.75 Å². The van der Waals surface area contributed by atoms with E-state index in [9.17, 15) is 0 Å². The summed E-state index contributed by atoms with van der Waals surface area (Å²) in [6.07, 6.45) is -0.0954. The van der Waals surface area contributed by atoms with Gasteiger partial charge in [0.1, 0.15) is 11.9 Å². The van der Waals surface area contributed by atoms with E-state index in [4.69, 9.17) is 25.6 Å². The second kappa shape index (κ2) is 4.82. The Bertz CT molecular complexity index is 426. The van der Waals surface area contributed by atoms with Crippen LogP contribution < -0.4 is 9.82 Å². The summed E-state index contributed by atoms with van der Waals surface area (Å²) in [6.45, 7) is -1.62. The summed E-state index contributed by atoms with van der Waals surface area (Å²) in [4.78, 5) is 0. The van der Waals surface area contributed by atoms with Gasteiger partial charge in [0.2, 0.25) is 0 Å². The molecule has 2 unspecified atom stereocenters. The van der Waals surface area contributed by atoms with Crippen molar-refractivity contribution >= 4 is 18.4 Å². The number of benzene rings is 1. The maximum Gasteiger partial charge on any atom is 0.261 e. The first-order valence-corrected chi connectivity index (χ1v) is 7.54. The third-order valence-corrected chi connectivity index (χ3v) is 5.14. The monoisotopic (exact) mass is 259 g/mol. The van der Waals surface area contributed by atoms with Gasteiger partial charge in [0.05, 0.1) is 7.11 Å². The topological polar surface area (TPSA) is 39.7 Å². The van der Waals surface area contributed by atoms with Gasteiger partial charge in [-0.1, -0.05) is 18.2 Å². The number of hydrogen-bond donors (Lipinski definition) is 1. The van der Waals surface area contributed by atoms with E-state index >= 15 is 0 Å². The summed E-state index contributed by atoms with van der Waals surface area (Å²) in [6, 6.07) is 7.77. The smallest absolute Gasteiger partial charge is 0.261 e. The fourth-order valence-corrected chi connectivity index (χ4v) is 3.38. The van der Waals surface area contributed by atoms with E-state index < -0.39 is 6.64 Å². The molecule has 1 fully saturated rings. The highest BCUT2D eigenvalue weighted by Gasteiger charge is 2.33. The molecule has 0 saturated carbocycles. The van der Waals surface area contributed by atoms with Crippen LogP contribution in [0.25, 0.3) is 0 Å². The lowest BCUT2D eigenvalue weighted by molar-refractivity contribution is 0.228. The van der Waals surface area contributed by atoms with E-state index in [-0.39, 0.29) is 6.10 Å². The minimum absolute atomic E-state index is 0.0954. The molecule has 6 heteroatoms. The maximum absolute atomic E-state index is 5.74. The van der Waals surface area contributed by atoms with E-state index in [2.05, 4.69) is 5.09 Å². The number of para-hydroxylation sites is 1. The molecular formula is C10H14NO3PS. The molecule has 1 aliphatic heterocycles. The predicted molar refractivity (Wildman–Crippen MR) is 66.1 cm³/mol. The Kier molecular flexibility index (Phi) is 3.62. The number of methoxy groups -OCH3 is 1. The molecular weight excluding hydrogens is 245 g/mol. The fraction of sp³-hybridized carbons (Fsp3) is 0.400. The lowest BCUT2D eigenvalue weighted by Gasteiger charge is -2.15. The van der Waals surface area contributed by atoms with Crippen molar-refractivity contribution in [3.63, 3.8) is 0 Å². The van der Waals surface area contributed by atoms with E-state index in [1.165, 1.54) is 0 Å². The zero-order valence-electron chi connectivity index (χ0n) is 9.17. The number of hydrogen-bond acceptors (Lipinski definition) is 4.